The quantitative estimate of drug-likeness (QED) is 0.826. The van der Waals surface area contributed by atoms with Crippen LogP contribution in [-0.4, -0.2) is 54.5 Å². The Hall–Kier alpha value is -2.68. The number of carbonyl (C=O) groups is 1. The molecule has 4 rings (SSSR count). The first-order valence-electron chi connectivity index (χ1n) is 10.0. The third-order valence-corrected chi connectivity index (χ3v) is 5.95. The number of para-hydroxylation sites is 1. The van der Waals surface area contributed by atoms with E-state index in [1.807, 2.05) is 48.2 Å². The second-order valence-electron chi connectivity index (χ2n) is 7.67. The van der Waals surface area contributed by atoms with Gasteiger partial charge in [0.2, 0.25) is 5.91 Å². The van der Waals surface area contributed by atoms with Gasteiger partial charge in [-0.3, -0.25) is 14.6 Å². The molecule has 2 aromatic carbocycles. The molecule has 0 saturated carbocycles. The highest BCUT2D eigenvalue weighted by Gasteiger charge is 2.32. The molecule has 0 aliphatic carbocycles. The Kier molecular flexibility index (Phi) is 5.43. The van der Waals surface area contributed by atoms with Crippen LogP contribution in [0.15, 0.2) is 48.5 Å². The number of fused-ring (bicyclic) bond motifs is 1. The van der Waals surface area contributed by atoms with Gasteiger partial charge in [0, 0.05) is 45.0 Å². The highest BCUT2D eigenvalue weighted by Crippen LogP contribution is 2.28. The van der Waals surface area contributed by atoms with Gasteiger partial charge in [-0.2, -0.15) is 5.26 Å². The summed E-state index contributed by atoms with van der Waals surface area (Å²) in [4.78, 5) is 19.8. The number of hydrogen-bond donors (Lipinski definition) is 0. The minimum absolute atomic E-state index is 0.0942. The van der Waals surface area contributed by atoms with Crippen LogP contribution < -0.4 is 4.90 Å². The lowest BCUT2D eigenvalue weighted by molar-refractivity contribution is -0.123. The minimum Gasteiger partial charge on any atom is -0.310 e. The molecule has 0 N–H and O–H groups in total. The Balaban J connectivity index is 1.32. The Morgan fingerprint density at radius 2 is 1.75 bits per heavy atom. The number of nitrogens with zero attached hydrogens (tertiary/aromatic N) is 4. The lowest BCUT2D eigenvalue weighted by atomic mass is 10.1. The summed E-state index contributed by atoms with van der Waals surface area (Å²) in [5.74, 6) is 0.213. The van der Waals surface area contributed by atoms with Crippen LogP contribution in [0, 0.1) is 11.3 Å². The number of carbonyl (C=O) groups excluding carboxylic acids is 1. The largest absolute Gasteiger partial charge is 0.310 e. The molecule has 0 unspecified atom stereocenters. The fourth-order valence-corrected chi connectivity index (χ4v) is 4.20. The summed E-state index contributed by atoms with van der Waals surface area (Å²) in [7, 11) is 0. The van der Waals surface area contributed by atoms with Crippen molar-refractivity contribution in [3.8, 4) is 6.07 Å². The summed E-state index contributed by atoms with van der Waals surface area (Å²) >= 11 is 0. The predicted octanol–water partition coefficient (Wildman–Crippen LogP) is 2.65. The van der Waals surface area contributed by atoms with Crippen molar-refractivity contribution in [2.75, 3.05) is 37.6 Å². The molecule has 2 heterocycles. The van der Waals surface area contributed by atoms with E-state index >= 15 is 0 Å². The van der Waals surface area contributed by atoms with Crippen molar-refractivity contribution < 1.29 is 4.79 Å². The third-order valence-electron chi connectivity index (χ3n) is 5.95. The molecular formula is C23H26N4O. The van der Waals surface area contributed by atoms with Gasteiger partial charge < -0.3 is 4.90 Å². The molecule has 1 saturated heterocycles. The molecule has 144 valence electrons. The summed E-state index contributed by atoms with van der Waals surface area (Å²) in [5, 5.41) is 8.91. The van der Waals surface area contributed by atoms with Crippen LogP contribution in [0.25, 0.3) is 0 Å². The second-order valence-corrected chi connectivity index (χ2v) is 7.67. The highest BCUT2D eigenvalue weighted by molar-refractivity contribution is 5.98. The molecule has 1 amide bonds. The molecule has 0 radical (unpaired) electrons. The Bertz CT molecular complexity index is 878. The van der Waals surface area contributed by atoms with Crippen molar-refractivity contribution >= 4 is 11.6 Å². The topological polar surface area (TPSA) is 50.6 Å². The number of piperazine rings is 1. The van der Waals surface area contributed by atoms with Crippen molar-refractivity contribution in [2.45, 2.75) is 25.9 Å². The van der Waals surface area contributed by atoms with E-state index in [0.29, 0.717) is 5.56 Å². The molecular weight excluding hydrogens is 348 g/mol. The van der Waals surface area contributed by atoms with E-state index in [4.69, 9.17) is 5.26 Å². The monoisotopic (exact) mass is 374 g/mol. The number of nitriles is 1. The maximum atomic E-state index is 13.1. The molecule has 1 atom stereocenters. The average Bonchev–Trinajstić information content (AvgIpc) is 3.18. The highest BCUT2D eigenvalue weighted by atomic mass is 16.2. The van der Waals surface area contributed by atoms with Crippen molar-refractivity contribution in [3.63, 3.8) is 0 Å². The van der Waals surface area contributed by atoms with Crippen LogP contribution in [0.2, 0.25) is 0 Å². The van der Waals surface area contributed by atoms with Crippen LogP contribution in [0.1, 0.15) is 23.6 Å². The fourth-order valence-electron chi connectivity index (χ4n) is 4.20. The zero-order valence-electron chi connectivity index (χ0n) is 16.3. The van der Waals surface area contributed by atoms with E-state index in [1.165, 1.54) is 11.1 Å². The Morgan fingerprint density at radius 1 is 1.04 bits per heavy atom. The number of anilines is 1. The normalized spacial score (nSPS) is 18.5. The van der Waals surface area contributed by atoms with Gasteiger partial charge in [-0.05, 0) is 42.7 Å². The molecule has 5 nitrogen and oxygen atoms in total. The molecule has 0 spiro atoms. The number of benzene rings is 2. The first-order chi connectivity index (χ1) is 13.7. The molecule has 5 heteroatoms. The van der Waals surface area contributed by atoms with Gasteiger partial charge in [0.25, 0.3) is 0 Å². The van der Waals surface area contributed by atoms with Gasteiger partial charge in [0.05, 0.1) is 17.7 Å². The molecule has 28 heavy (non-hydrogen) atoms. The maximum Gasteiger partial charge on any atom is 0.244 e. The van der Waals surface area contributed by atoms with Crippen LogP contribution in [0.3, 0.4) is 0 Å². The number of amides is 1. The van der Waals surface area contributed by atoms with Crippen molar-refractivity contribution in [1.82, 2.24) is 9.80 Å². The van der Waals surface area contributed by atoms with Gasteiger partial charge >= 0.3 is 0 Å². The van der Waals surface area contributed by atoms with Gasteiger partial charge in [-0.25, -0.2) is 0 Å². The molecule has 1 fully saturated rings. The Labute approximate surface area is 166 Å². The summed E-state index contributed by atoms with van der Waals surface area (Å²) in [6, 6.07) is 18.1. The number of hydrogen-bond acceptors (Lipinski definition) is 4. The smallest absolute Gasteiger partial charge is 0.244 e. The Morgan fingerprint density at radius 3 is 2.46 bits per heavy atom. The van der Waals surface area contributed by atoms with Crippen LogP contribution in [0.5, 0.6) is 0 Å². The van der Waals surface area contributed by atoms with Gasteiger partial charge in [-0.1, -0.05) is 30.3 Å². The predicted molar refractivity (Wildman–Crippen MR) is 110 cm³/mol. The van der Waals surface area contributed by atoms with E-state index in [1.54, 1.807) is 0 Å². The van der Waals surface area contributed by atoms with Gasteiger partial charge in [0.1, 0.15) is 0 Å². The van der Waals surface area contributed by atoms with E-state index in [0.717, 1.165) is 51.4 Å². The zero-order valence-corrected chi connectivity index (χ0v) is 16.3. The van der Waals surface area contributed by atoms with Gasteiger partial charge in [-0.15, -0.1) is 0 Å². The second kappa shape index (κ2) is 8.14. The first-order valence-corrected chi connectivity index (χ1v) is 10.0. The van der Waals surface area contributed by atoms with Crippen LogP contribution >= 0.6 is 0 Å². The molecule has 2 aromatic rings. The van der Waals surface area contributed by atoms with Crippen molar-refractivity contribution in [1.29, 1.82) is 5.26 Å². The lowest BCUT2D eigenvalue weighted by Gasteiger charge is -2.38. The zero-order chi connectivity index (χ0) is 19.5. The minimum atomic E-state index is -0.0942. The molecule has 2 aliphatic rings. The van der Waals surface area contributed by atoms with Crippen LogP contribution in [0.4, 0.5) is 5.69 Å². The molecule has 2 aliphatic heterocycles. The van der Waals surface area contributed by atoms with E-state index in [-0.39, 0.29) is 11.9 Å². The average molecular weight is 374 g/mol. The van der Waals surface area contributed by atoms with E-state index < -0.39 is 0 Å². The van der Waals surface area contributed by atoms with Crippen molar-refractivity contribution in [3.05, 3.63) is 65.2 Å². The third kappa shape index (κ3) is 3.80. The maximum absolute atomic E-state index is 13.1. The fraction of sp³-hybridized carbons (Fsp3) is 0.391. The standard InChI is InChI=1S/C23H26N4O/c1-18(23(28)27-11-10-21-4-2-3-5-22(21)27)26-14-12-25(13-15-26)17-20-8-6-19(16-24)7-9-20/h2-9,18H,10-15,17H2,1H3/t18-/m1/s1. The number of rotatable bonds is 4. The van der Waals surface area contributed by atoms with E-state index in [2.05, 4.69) is 28.0 Å². The summed E-state index contributed by atoms with van der Waals surface area (Å²) in [6.07, 6.45) is 0.951. The summed E-state index contributed by atoms with van der Waals surface area (Å²) in [6.45, 7) is 7.43. The molecule has 0 aromatic heterocycles. The lowest BCUT2D eigenvalue weighted by Crippen LogP contribution is -2.54. The van der Waals surface area contributed by atoms with E-state index in [9.17, 15) is 4.79 Å². The van der Waals surface area contributed by atoms with Crippen LogP contribution in [-0.2, 0) is 17.8 Å². The molecule has 0 bridgehead atoms. The van der Waals surface area contributed by atoms with Gasteiger partial charge in [0.15, 0.2) is 0 Å². The first kappa shape index (κ1) is 18.7. The van der Waals surface area contributed by atoms with Crippen molar-refractivity contribution in [2.24, 2.45) is 0 Å². The summed E-state index contributed by atoms with van der Waals surface area (Å²) in [5.41, 5.74) is 4.28. The summed E-state index contributed by atoms with van der Waals surface area (Å²) < 4.78 is 0. The SMILES string of the molecule is C[C@H](C(=O)N1CCc2ccccc21)N1CCN(Cc2ccc(C#N)cc2)CC1.